The number of carbonyl (C=O) groups is 4. The molecule has 1 N–H and O–H groups in total. The molecule has 4 rings (SSSR count). The Balaban J connectivity index is 1.45. The lowest BCUT2D eigenvalue weighted by molar-refractivity contribution is -0.148. The molecule has 37 heavy (non-hydrogen) atoms. The summed E-state index contributed by atoms with van der Waals surface area (Å²) in [6, 6.07) is 0. The van der Waals surface area contributed by atoms with Gasteiger partial charge in [0, 0.05) is 51.5 Å². The van der Waals surface area contributed by atoms with Crippen molar-refractivity contribution in [1.82, 2.24) is 5.32 Å². The largest absolute Gasteiger partial charge is 0.462 e. The van der Waals surface area contributed by atoms with Crippen molar-refractivity contribution in [3.8, 4) is 0 Å². The third-order valence-electron chi connectivity index (χ3n) is 10.9. The van der Waals surface area contributed by atoms with Crippen LogP contribution in [0.5, 0.6) is 0 Å². The average Bonchev–Trinajstić information content (AvgIpc) is 3.10. The van der Waals surface area contributed by atoms with Crippen LogP contribution in [0.15, 0.2) is 11.6 Å². The first-order valence-electron chi connectivity index (χ1n) is 14.5. The summed E-state index contributed by atoms with van der Waals surface area (Å²) in [5, 5.41) is 2.83. The van der Waals surface area contributed by atoms with Gasteiger partial charge in [0.25, 0.3) is 0 Å². The van der Waals surface area contributed by atoms with Gasteiger partial charge in [0.05, 0.1) is 0 Å². The predicted molar refractivity (Wildman–Crippen MR) is 142 cm³/mol. The van der Waals surface area contributed by atoms with Crippen LogP contribution in [0.2, 0.25) is 0 Å². The molecule has 0 heterocycles. The Bertz CT molecular complexity index is 971. The zero-order valence-corrected chi connectivity index (χ0v) is 23.7. The van der Waals surface area contributed by atoms with Gasteiger partial charge >= 0.3 is 5.97 Å². The SMILES string of the molecule is CC(=O)NC[C@H](C)CCC(=O)[C@H](C)[C@@H]1C(=O)C[C@H]2[C@H]3CC=C4C[C@@H](OC(C)=O)CC[C@]4(C)[C@@H]3CC[C@@]21C. The van der Waals surface area contributed by atoms with E-state index >= 15 is 0 Å². The number of Topliss-reactive ketones (excluding diaryl/α,β-unsaturated/α-hetero) is 2. The van der Waals surface area contributed by atoms with Crippen LogP contribution >= 0.6 is 0 Å². The molecule has 0 unspecified atom stereocenters. The maximum Gasteiger partial charge on any atom is 0.302 e. The first-order chi connectivity index (χ1) is 17.4. The minimum Gasteiger partial charge on any atom is -0.462 e. The predicted octanol–water partition coefficient (Wildman–Crippen LogP) is 5.43. The monoisotopic (exact) mass is 513 g/mol. The number of amides is 1. The molecule has 9 atom stereocenters. The molecule has 0 saturated heterocycles. The van der Waals surface area contributed by atoms with Crippen LogP contribution in [0.3, 0.4) is 0 Å². The molecule has 6 heteroatoms. The Morgan fingerprint density at radius 2 is 1.81 bits per heavy atom. The lowest BCUT2D eigenvalue weighted by atomic mass is 9.47. The van der Waals surface area contributed by atoms with E-state index in [0.29, 0.717) is 42.9 Å². The summed E-state index contributed by atoms with van der Waals surface area (Å²) < 4.78 is 5.57. The van der Waals surface area contributed by atoms with Gasteiger partial charge in [-0.1, -0.05) is 39.3 Å². The Morgan fingerprint density at radius 1 is 1.08 bits per heavy atom. The lowest BCUT2D eigenvalue weighted by Gasteiger charge is -2.58. The number of nitrogens with one attached hydrogen (secondary N) is 1. The highest BCUT2D eigenvalue weighted by molar-refractivity contribution is 5.92. The average molecular weight is 514 g/mol. The molecule has 0 aromatic rings. The zero-order valence-electron chi connectivity index (χ0n) is 23.7. The number of ketones is 2. The van der Waals surface area contributed by atoms with Crippen LogP contribution in [-0.4, -0.2) is 36.1 Å². The van der Waals surface area contributed by atoms with Crippen molar-refractivity contribution in [2.75, 3.05) is 6.54 Å². The summed E-state index contributed by atoms with van der Waals surface area (Å²) in [5.74, 6) is 1.40. The summed E-state index contributed by atoms with van der Waals surface area (Å²) in [6.07, 6.45) is 10.1. The molecule has 0 spiro atoms. The fourth-order valence-corrected chi connectivity index (χ4v) is 8.86. The summed E-state index contributed by atoms with van der Waals surface area (Å²) in [6.45, 7) is 12.3. The fraction of sp³-hybridized carbons (Fsp3) is 0.806. The molecule has 3 saturated carbocycles. The van der Waals surface area contributed by atoms with Crippen molar-refractivity contribution in [2.45, 2.75) is 105 Å². The molecule has 4 aliphatic rings. The first-order valence-corrected chi connectivity index (χ1v) is 14.5. The minimum absolute atomic E-state index is 0.00695. The molecule has 1 amide bonds. The second-order valence-corrected chi connectivity index (χ2v) is 13.3. The molecule has 6 nitrogen and oxygen atoms in total. The quantitative estimate of drug-likeness (QED) is 0.345. The topological polar surface area (TPSA) is 89.5 Å². The van der Waals surface area contributed by atoms with Crippen LogP contribution in [0.25, 0.3) is 0 Å². The third-order valence-corrected chi connectivity index (χ3v) is 10.9. The number of hydrogen-bond acceptors (Lipinski definition) is 5. The van der Waals surface area contributed by atoms with Crippen molar-refractivity contribution >= 4 is 23.4 Å². The van der Waals surface area contributed by atoms with Crippen molar-refractivity contribution in [3.63, 3.8) is 0 Å². The Kier molecular flexibility index (Phi) is 8.07. The minimum atomic E-state index is -0.253. The van der Waals surface area contributed by atoms with Gasteiger partial charge in [0.2, 0.25) is 5.91 Å². The van der Waals surface area contributed by atoms with Gasteiger partial charge < -0.3 is 10.1 Å². The Morgan fingerprint density at radius 3 is 2.49 bits per heavy atom. The van der Waals surface area contributed by atoms with E-state index in [1.165, 1.54) is 19.4 Å². The number of hydrogen-bond donors (Lipinski definition) is 1. The number of esters is 1. The number of ether oxygens (including phenoxy) is 1. The summed E-state index contributed by atoms with van der Waals surface area (Å²) >= 11 is 0. The van der Waals surface area contributed by atoms with Crippen LogP contribution in [-0.2, 0) is 23.9 Å². The van der Waals surface area contributed by atoms with Gasteiger partial charge in [-0.05, 0) is 73.0 Å². The van der Waals surface area contributed by atoms with Crippen molar-refractivity contribution in [2.24, 2.45) is 46.3 Å². The molecule has 0 radical (unpaired) electrons. The van der Waals surface area contributed by atoms with E-state index in [1.54, 1.807) is 0 Å². The zero-order chi connectivity index (χ0) is 27.1. The molecule has 4 aliphatic carbocycles. The lowest BCUT2D eigenvalue weighted by Crippen LogP contribution is -2.51. The van der Waals surface area contributed by atoms with Gasteiger partial charge in [-0.2, -0.15) is 0 Å². The maximum atomic E-state index is 13.5. The number of rotatable bonds is 8. The molecular weight excluding hydrogens is 466 g/mol. The molecule has 3 fully saturated rings. The number of carbonyl (C=O) groups excluding carboxylic acids is 4. The Labute approximate surface area is 222 Å². The van der Waals surface area contributed by atoms with E-state index in [9.17, 15) is 19.2 Å². The van der Waals surface area contributed by atoms with Crippen molar-refractivity contribution in [1.29, 1.82) is 0 Å². The van der Waals surface area contributed by atoms with Gasteiger partial charge in [-0.25, -0.2) is 0 Å². The normalized spacial score (nSPS) is 38.4. The number of allylic oxidation sites excluding steroid dienone is 1. The van der Waals surface area contributed by atoms with E-state index in [-0.39, 0.29) is 52.3 Å². The second kappa shape index (κ2) is 10.6. The van der Waals surface area contributed by atoms with Gasteiger partial charge in [-0.15, -0.1) is 0 Å². The second-order valence-electron chi connectivity index (χ2n) is 13.3. The molecular formula is C31H47NO5. The standard InChI is InChI=1S/C31H47NO5/c1-18(17-32-20(3)33)7-10-27(35)19(2)29-28(36)16-26-24-9-8-22-15-23(37-21(4)34)11-13-30(22,5)25(24)12-14-31(26,29)6/h8,18-19,23-26,29H,7,9-17H2,1-6H3,(H,32,33)/t18-,19+,23+,24+,25-,26+,29-,30+,31+/m1/s1. The Hall–Kier alpha value is -1.98. The molecule has 206 valence electrons. The van der Waals surface area contributed by atoms with Gasteiger partial charge in [-0.3, -0.25) is 19.2 Å². The van der Waals surface area contributed by atoms with E-state index in [1.807, 2.05) is 6.92 Å². The molecule has 0 aromatic carbocycles. The highest BCUT2D eigenvalue weighted by Gasteiger charge is 2.62. The van der Waals surface area contributed by atoms with Crippen molar-refractivity contribution < 1.29 is 23.9 Å². The number of fused-ring (bicyclic) bond motifs is 5. The fourth-order valence-electron chi connectivity index (χ4n) is 8.86. The smallest absolute Gasteiger partial charge is 0.302 e. The summed E-state index contributed by atoms with van der Waals surface area (Å²) in [7, 11) is 0. The van der Waals surface area contributed by atoms with E-state index in [2.05, 4.69) is 32.2 Å². The van der Waals surface area contributed by atoms with Crippen LogP contribution in [0.4, 0.5) is 0 Å². The van der Waals surface area contributed by atoms with Gasteiger partial charge in [0.1, 0.15) is 17.7 Å². The maximum absolute atomic E-state index is 13.5. The van der Waals surface area contributed by atoms with E-state index in [4.69, 9.17) is 4.74 Å². The van der Waals surface area contributed by atoms with E-state index < -0.39 is 0 Å². The third kappa shape index (κ3) is 5.31. The first kappa shape index (κ1) is 28.0. The highest BCUT2D eigenvalue weighted by atomic mass is 16.5. The van der Waals surface area contributed by atoms with Crippen LogP contribution in [0.1, 0.15) is 99.3 Å². The van der Waals surface area contributed by atoms with Crippen LogP contribution in [0, 0.1) is 46.3 Å². The summed E-state index contributed by atoms with van der Waals surface area (Å²) in [5.41, 5.74) is 1.45. The van der Waals surface area contributed by atoms with Gasteiger partial charge in [0.15, 0.2) is 0 Å². The summed E-state index contributed by atoms with van der Waals surface area (Å²) in [4.78, 5) is 49.5. The molecule has 0 aromatic heterocycles. The highest BCUT2D eigenvalue weighted by Crippen LogP contribution is 2.66. The van der Waals surface area contributed by atoms with Crippen molar-refractivity contribution in [3.05, 3.63) is 11.6 Å². The molecule has 0 aliphatic heterocycles. The van der Waals surface area contributed by atoms with Crippen LogP contribution < -0.4 is 5.32 Å². The van der Waals surface area contributed by atoms with E-state index in [0.717, 1.165) is 44.9 Å². The molecule has 0 bridgehead atoms.